The van der Waals surface area contributed by atoms with Gasteiger partial charge in [-0.15, -0.1) is 0 Å². The highest BCUT2D eigenvalue weighted by atomic mass is 35.5. The monoisotopic (exact) mass is 225 g/mol. The molecule has 2 aromatic rings. The van der Waals surface area contributed by atoms with Crippen LogP contribution in [0.15, 0.2) is 30.5 Å². The summed E-state index contributed by atoms with van der Waals surface area (Å²) in [6, 6.07) is 6.34. The molecule has 78 valence electrons. The van der Waals surface area contributed by atoms with E-state index >= 15 is 0 Å². The molecule has 0 bridgehead atoms. The van der Waals surface area contributed by atoms with E-state index in [1.54, 1.807) is 24.4 Å². The van der Waals surface area contributed by atoms with E-state index in [0.29, 0.717) is 16.4 Å². The van der Waals surface area contributed by atoms with Gasteiger partial charge in [-0.25, -0.2) is 9.07 Å². The Balaban J connectivity index is 2.50. The molecular weight excluding hydrogens is 217 g/mol. The van der Waals surface area contributed by atoms with Crippen LogP contribution in [-0.4, -0.2) is 9.78 Å². The highest BCUT2D eigenvalue weighted by Crippen LogP contribution is 2.18. The largest absolute Gasteiger partial charge is 0.325 e. The first-order chi connectivity index (χ1) is 7.22. The molecule has 0 spiro atoms. The molecule has 0 aliphatic rings. The number of nitrogens with two attached hydrogens (primary N) is 1. The van der Waals surface area contributed by atoms with E-state index in [1.807, 2.05) is 0 Å². The van der Waals surface area contributed by atoms with Gasteiger partial charge in [0.15, 0.2) is 0 Å². The van der Waals surface area contributed by atoms with Gasteiger partial charge in [0.05, 0.1) is 10.7 Å². The summed E-state index contributed by atoms with van der Waals surface area (Å²) in [5, 5.41) is 4.52. The average molecular weight is 226 g/mol. The second-order valence-electron chi connectivity index (χ2n) is 3.02. The number of nitrogens with zero attached hydrogens (tertiary/aromatic N) is 2. The Morgan fingerprint density at radius 3 is 2.73 bits per heavy atom. The van der Waals surface area contributed by atoms with Crippen LogP contribution in [0.5, 0.6) is 0 Å². The summed E-state index contributed by atoms with van der Waals surface area (Å²) in [6.07, 6.45) is 1.54. The number of benzene rings is 1. The van der Waals surface area contributed by atoms with Crippen molar-refractivity contribution in [3.05, 3.63) is 47.0 Å². The van der Waals surface area contributed by atoms with Crippen LogP contribution in [0.1, 0.15) is 5.69 Å². The number of para-hydroxylation sites is 1. The molecule has 0 saturated heterocycles. The van der Waals surface area contributed by atoms with Crippen molar-refractivity contribution >= 4 is 11.6 Å². The number of rotatable bonds is 2. The van der Waals surface area contributed by atoms with Crippen LogP contribution < -0.4 is 5.73 Å². The van der Waals surface area contributed by atoms with Gasteiger partial charge in [-0.3, -0.25) is 0 Å². The smallest absolute Gasteiger partial charge is 0.148 e. The van der Waals surface area contributed by atoms with Crippen LogP contribution in [0.3, 0.4) is 0 Å². The Bertz CT molecular complexity index is 481. The van der Waals surface area contributed by atoms with E-state index in [2.05, 4.69) is 5.10 Å². The molecule has 15 heavy (non-hydrogen) atoms. The highest BCUT2D eigenvalue weighted by Gasteiger charge is 2.09. The molecule has 0 aliphatic heterocycles. The third-order valence-corrected chi connectivity index (χ3v) is 2.35. The summed E-state index contributed by atoms with van der Waals surface area (Å²) in [5.41, 5.74) is 6.34. The summed E-state index contributed by atoms with van der Waals surface area (Å²) in [7, 11) is 0. The van der Waals surface area contributed by atoms with Gasteiger partial charge < -0.3 is 5.73 Å². The minimum Gasteiger partial charge on any atom is -0.325 e. The molecule has 1 heterocycles. The summed E-state index contributed by atoms with van der Waals surface area (Å²) < 4.78 is 14.8. The molecule has 0 atom stereocenters. The molecule has 0 aliphatic carbocycles. The van der Waals surface area contributed by atoms with Crippen molar-refractivity contribution < 1.29 is 4.39 Å². The number of hydrogen-bond acceptors (Lipinski definition) is 2. The number of hydrogen-bond donors (Lipinski definition) is 1. The fourth-order valence-electron chi connectivity index (χ4n) is 1.29. The fourth-order valence-corrected chi connectivity index (χ4v) is 1.50. The Morgan fingerprint density at radius 2 is 2.13 bits per heavy atom. The molecule has 0 saturated carbocycles. The van der Waals surface area contributed by atoms with Crippen molar-refractivity contribution in [2.45, 2.75) is 6.54 Å². The zero-order valence-electron chi connectivity index (χ0n) is 7.82. The summed E-state index contributed by atoms with van der Waals surface area (Å²) in [4.78, 5) is 0. The number of halogens is 2. The van der Waals surface area contributed by atoms with Crippen LogP contribution >= 0.6 is 11.6 Å². The van der Waals surface area contributed by atoms with E-state index < -0.39 is 0 Å². The van der Waals surface area contributed by atoms with Crippen molar-refractivity contribution in [1.29, 1.82) is 0 Å². The lowest BCUT2D eigenvalue weighted by atomic mass is 10.3. The zero-order valence-corrected chi connectivity index (χ0v) is 8.58. The molecule has 2 rings (SSSR count). The average Bonchev–Trinajstić information content (AvgIpc) is 2.60. The summed E-state index contributed by atoms with van der Waals surface area (Å²) in [5.74, 6) is -0.347. The Morgan fingerprint density at radius 1 is 1.40 bits per heavy atom. The molecule has 3 nitrogen and oxygen atoms in total. The predicted octanol–water partition coefficient (Wildman–Crippen LogP) is 2.12. The molecule has 1 aromatic heterocycles. The molecule has 5 heteroatoms. The van der Waals surface area contributed by atoms with E-state index in [4.69, 9.17) is 17.3 Å². The highest BCUT2D eigenvalue weighted by molar-refractivity contribution is 6.31. The van der Waals surface area contributed by atoms with Crippen molar-refractivity contribution in [1.82, 2.24) is 9.78 Å². The standard InChI is InChI=1S/C10H9ClFN3/c11-7-6-15(14-9(7)5-13)10-4-2-1-3-8(10)12/h1-4,6H,5,13H2. The van der Waals surface area contributed by atoms with Gasteiger partial charge in [-0.1, -0.05) is 23.7 Å². The SMILES string of the molecule is NCc1nn(-c2ccccc2F)cc1Cl. The van der Waals surface area contributed by atoms with Gasteiger partial charge in [0.2, 0.25) is 0 Å². The molecule has 0 unspecified atom stereocenters. The topological polar surface area (TPSA) is 43.8 Å². The van der Waals surface area contributed by atoms with E-state index in [-0.39, 0.29) is 12.4 Å². The maximum atomic E-state index is 13.4. The van der Waals surface area contributed by atoms with Crippen molar-refractivity contribution in [3.63, 3.8) is 0 Å². The van der Waals surface area contributed by atoms with Crippen molar-refractivity contribution in [2.24, 2.45) is 5.73 Å². The maximum absolute atomic E-state index is 13.4. The first-order valence-corrected chi connectivity index (χ1v) is 4.79. The lowest BCUT2D eigenvalue weighted by Crippen LogP contribution is -2.01. The van der Waals surface area contributed by atoms with Gasteiger partial charge in [0.25, 0.3) is 0 Å². The van der Waals surface area contributed by atoms with Crippen LogP contribution in [0.4, 0.5) is 4.39 Å². The third kappa shape index (κ3) is 1.86. The molecule has 2 N–H and O–H groups in total. The first-order valence-electron chi connectivity index (χ1n) is 4.41. The lowest BCUT2D eigenvalue weighted by molar-refractivity contribution is 0.609. The fraction of sp³-hybridized carbons (Fsp3) is 0.100. The van der Waals surface area contributed by atoms with Crippen LogP contribution in [0.25, 0.3) is 5.69 Å². The van der Waals surface area contributed by atoms with Crippen LogP contribution in [-0.2, 0) is 6.54 Å². The molecular formula is C10H9ClFN3. The quantitative estimate of drug-likeness (QED) is 0.851. The molecule has 1 aromatic carbocycles. The molecule has 0 radical (unpaired) electrons. The molecule has 0 fully saturated rings. The van der Waals surface area contributed by atoms with Crippen molar-refractivity contribution in [3.8, 4) is 5.69 Å². The third-order valence-electron chi connectivity index (χ3n) is 2.03. The second kappa shape index (κ2) is 4.00. The zero-order chi connectivity index (χ0) is 10.8. The van der Waals surface area contributed by atoms with Crippen LogP contribution in [0.2, 0.25) is 5.02 Å². The van der Waals surface area contributed by atoms with E-state index in [9.17, 15) is 4.39 Å². The summed E-state index contributed by atoms with van der Waals surface area (Å²) in [6.45, 7) is 0.236. The second-order valence-corrected chi connectivity index (χ2v) is 3.43. The molecule has 0 amide bonds. The lowest BCUT2D eigenvalue weighted by Gasteiger charge is -2.01. The van der Waals surface area contributed by atoms with Gasteiger partial charge in [0, 0.05) is 12.7 Å². The van der Waals surface area contributed by atoms with Crippen LogP contribution in [0, 0.1) is 5.82 Å². The van der Waals surface area contributed by atoms with E-state index in [0.717, 1.165) is 0 Å². The Kier molecular flexibility index (Phi) is 2.70. The maximum Gasteiger partial charge on any atom is 0.148 e. The van der Waals surface area contributed by atoms with Gasteiger partial charge in [-0.2, -0.15) is 5.10 Å². The number of aromatic nitrogens is 2. The normalized spacial score (nSPS) is 10.6. The Labute approximate surface area is 91.3 Å². The Hall–Kier alpha value is -1.39. The summed E-state index contributed by atoms with van der Waals surface area (Å²) >= 11 is 5.86. The first kappa shape index (κ1) is 10.1. The minimum atomic E-state index is -0.347. The van der Waals surface area contributed by atoms with Crippen molar-refractivity contribution in [2.75, 3.05) is 0 Å². The van der Waals surface area contributed by atoms with Gasteiger partial charge in [-0.05, 0) is 12.1 Å². The predicted molar refractivity (Wildman–Crippen MR) is 56.4 cm³/mol. The van der Waals surface area contributed by atoms with Gasteiger partial charge in [0.1, 0.15) is 11.5 Å². The van der Waals surface area contributed by atoms with E-state index in [1.165, 1.54) is 10.7 Å². The minimum absolute atomic E-state index is 0.236. The van der Waals surface area contributed by atoms with Gasteiger partial charge >= 0.3 is 0 Å².